The lowest BCUT2D eigenvalue weighted by Crippen LogP contribution is -2.19. The Morgan fingerprint density at radius 1 is 1.22 bits per heavy atom. The first-order valence-corrected chi connectivity index (χ1v) is 7.09. The van der Waals surface area contributed by atoms with E-state index >= 15 is 0 Å². The van der Waals surface area contributed by atoms with Gasteiger partial charge in [0.2, 0.25) is 0 Å². The molecule has 1 saturated heterocycles. The molecule has 102 valence electrons. The molecule has 0 radical (unpaired) electrons. The van der Waals surface area contributed by atoms with Crippen LogP contribution in [-0.2, 0) is 5.41 Å². The highest BCUT2D eigenvalue weighted by Crippen LogP contribution is 2.56. The van der Waals surface area contributed by atoms with Crippen molar-refractivity contribution in [2.24, 2.45) is 5.92 Å². The van der Waals surface area contributed by atoms with Gasteiger partial charge in [0.25, 0.3) is 0 Å². The van der Waals surface area contributed by atoms with Gasteiger partial charge in [-0.1, -0.05) is 43.1 Å². The predicted molar refractivity (Wildman–Crippen MR) is 78.6 cm³/mol. The number of hydrogen-bond acceptors (Lipinski definition) is 2. The molecule has 3 rings (SSSR count). The number of halogens is 2. The molecule has 0 unspecified atom stereocenters. The maximum Gasteiger partial charge on any atom is 0.0595 e. The van der Waals surface area contributed by atoms with E-state index < -0.39 is 0 Å². The van der Waals surface area contributed by atoms with Crippen LogP contribution in [-0.4, -0.2) is 25.3 Å². The lowest BCUT2D eigenvalue weighted by molar-refractivity contribution is 0.399. The molecular weight excluding hydrogens is 269 g/mol. The van der Waals surface area contributed by atoms with Crippen LogP contribution in [0.5, 0.6) is 0 Å². The third-order valence-electron chi connectivity index (χ3n) is 3.56. The second kappa shape index (κ2) is 6.76. The molecule has 2 atom stereocenters. The van der Waals surface area contributed by atoms with Gasteiger partial charge in [0, 0.05) is 19.1 Å². The molecule has 1 heterocycles. The second-order valence-corrected chi connectivity index (χ2v) is 5.13. The fraction of sp³-hybridized carbons (Fsp3) is 0.571. The largest absolute Gasteiger partial charge is 0.400 e. The van der Waals surface area contributed by atoms with Crippen molar-refractivity contribution in [1.82, 2.24) is 5.32 Å². The van der Waals surface area contributed by atoms with Crippen molar-refractivity contribution in [2.75, 3.05) is 20.2 Å². The molecule has 0 spiro atoms. The number of aliphatic hydroxyl groups excluding tert-OH is 1. The van der Waals surface area contributed by atoms with Gasteiger partial charge in [-0.25, -0.2) is 0 Å². The average molecular weight is 290 g/mol. The monoisotopic (exact) mass is 289 g/mol. The summed E-state index contributed by atoms with van der Waals surface area (Å²) in [4.78, 5) is 0. The lowest BCUT2D eigenvalue weighted by Gasteiger charge is -2.12. The van der Waals surface area contributed by atoms with E-state index in [1.54, 1.807) is 0 Å². The maximum absolute atomic E-state index is 7.00. The highest BCUT2D eigenvalue weighted by Gasteiger charge is 2.57. The zero-order valence-electron chi connectivity index (χ0n) is 11.1. The van der Waals surface area contributed by atoms with Crippen LogP contribution in [0.3, 0.4) is 0 Å². The molecule has 1 aromatic carbocycles. The third-order valence-corrected chi connectivity index (χ3v) is 4.30. The van der Waals surface area contributed by atoms with Crippen molar-refractivity contribution in [1.29, 1.82) is 0 Å². The van der Waals surface area contributed by atoms with Crippen molar-refractivity contribution in [3.05, 3.63) is 33.8 Å². The van der Waals surface area contributed by atoms with E-state index in [0.717, 1.165) is 26.1 Å². The topological polar surface area (TPSA) is 32.3 Å². The molecule has 0 aromatic heterocycles. The Morgan fingerprint density at radius 2 is 1.89 bits per heavy atom. The van der Waals surface area contributed by atoms with Gasteiger partial charge < -0.3 is 10.4 Å². The van der Waals surface area contributed by atoms with Crippen LogP contribution in [0.1, 0.15) is 25.8 Å². The zero-order chi connectivity index (χ0) is 13.8. The van der Waals surface area contributed by atoms with E-state index in [4.69, 9.17) is 28.3 Å². The molecule has 1 aliphatic heterocycles. The van der Waals surface area contributed by atoms with Crippen LogP contribution < -0.4 is 5.32 Å². The van der Waals surface area contributed by atoms with Crippen LogP contribution in [0.15, 0.2) is 18.2 Å². The molecule has 2 N–H and O–H groups in total. The van der Waals surface area contributed by atoms with E-state index in [0.29, 0.717) is 15.5 Å². The van der Waals surface area contributed by atoms with E-state index in [2.05, 4.69) is 11.4 Å². The van der Waals surface area contributed by atoms with Gasteiger partial charge in [0.1, 0.15) is 0 Å². The summed E-state index contributed by atoms with van der Waals surface area (Å²) in [6.07, 6.45) is 1.30. The minimum Gasteiger partial charge on any atom is -0.400 e. The number of benzene rings is 1. The Balaban J connectivity index is 0.000000371. The van der Waals surface area contributed by atoms with E-state index in [9.17, 15) is 0 Å². The number of hydrogen-bond donors (Lipinski definition) is 2. The fourth-order valence-electron chi connectivity index (χ4n) is 2.60. The van der Waals surface area contributed by atoms with Gasteiger partial charge >= 0.3 is 0 Å². The first-order chi connectivity index (χ1) is 8.72. The molecule has 1 aromatic rings. The van der Waals surface area contributed by atoms with Gasteiger partial charge in [-0.05, 0) is 36.6 Å². The average Bonchev–Trinajstić information content (AvgIpc) is 3.00. The highest BCUT2D eigenvalue weighted by molar-refractivity contribution is 6.42. The first-order valence-electron chi connectivity index (χ1n) is 6.33. The maximum atomic E-state index is 7.00. The summed E-state index contributed by atoms with van der Waals surface area (Å²) < 4.78 is 0. The van der Waals surface area contributed by atoms with Gasteiger partial charge in [-0.2, -0.15) is 0 Å². The molecule has 0 amide bonds. The molecule has 4 heteroatoms. The van der Waals surface area contributed by atoms with Crippen molar-refractivity contribution in [3.63, 3.8) is 0 Å². The van der Waals surface area contributed by atoms with Crippen molar-refractivity contribution in [3.8, 4) is 0 Å². The molecular formula is C14H21Cl2NO. The number of piperidine rings is 1. The molecule has 2 fully saturated rings. The van der Waals surface area contributed by atoms with Gasteiger partial charge in [-0.3, -0.25) is 0 Å². The summed E-state index contributed by atoms with van der Waals surface area (Å²) in [5.41, 5.74) is 1.73. The molecule has 0 bridgehead atoms. The highest BCUT2D eigenvalue weighted by atomic mass is 35.5. The summed E-state index contributed by atoms with van der Waals surface area (Å²) in [5, 5.41) is 11.7. The van der Waals surface area contributed by atoms with Crippen LogP contribution in [0.4, 0.5) is 0 Å². The van der Waals surface area contributed by atoms with Crippen molar-refractivity contribution >= 4 is 23.2 Å². The van der Waals surface area contributed by atoms with Crippen LogP contribution in [0.2, 0.25) is 10.0 Å². The summed E-state index contributed by atoms with van der Waals surface area (Å²) in [6, 6.07) is 6.04. The first kappa shape index (κ1) is 15.8. The molecule has 2 aliphatic rings. The predicted octanol–water partition coefficient (Wildman–Crippen LogP) is 3.49. The summed E-state index contributed by atoms with van der Waals surface area (Å²) in [5.74, 6) is 0.819. The van der Waals surface area contributed by atoms with E-state index in [1.165, 1.54) is 12.0 Å². The van der Waals surface area contributed by atoms with E-state index in [1.807, 2.05) is 26.0 Å². The van der Waals surface area contributed by atoms with Gasteiger partial charge in [-0.15, -0.1) is 0 Å². The van der Waals surface area contributed by atoms with Crippen molar-refractivity contribution in [2.45, 2.75) is 25.7 Å². The number of fused-ring (bicyclic) bond motifs is 1. The molecule has 1 aliphatic carbocycles. The Morgan fingerprint density at radius 3 is 2.33 bits per heavy atom. The second-order valence-electron chi connectivity index (χ2n) is 4.32. The Labute approximate surface area is 119 Å². The SMILES string of the molecule is CC.CO.Clc1ccc([C@]23CNC[C@H]2C3)cc1Cl. The minimum absolute atomic E-state index is 0.383. The lowest BCUT2D eigenvalue weighted by atomic mass is 9.95. The standard InChI is InChI=1S/C11H11Cl2N.C2H6.CH4O/c12-9-2-1-7(3-10(9)13)11-4-8(11)5-14-6-11;2*1-2/h1-3,8,14H,4-6H2;1-2H3;2H,1H3/t8-,11+;;/m1../s1. The molecule has 1 saturated carbocycles. The van der Waals surface area contributed by atoms with E-state index in [-0.39, 0.29) is 0 Å². The summed E-state index contributed by atoms with van der Waals surface area (Å²) >= 11 is 11.9. The van der Waals surface area contributed by atoms with Crippen LogP contribution in [0, 0.1) is 5.92 Å². The fourth-order valence-corrected chi connectivity index (χ4v) is 2.89. The zero-order valence-corrected chi connectivity index (χ0v) is 12.6. The summed E-state index contributed by atoms with van der Waals surface area (Å²) in [7, 11) is 1.00. The number of rotatable bonds is 1. The van der Waals surface area contributed by atoms with Crippen LogP contribution in [0.25, 0.3) is 0 Å². The number of aliphatic hydroxyl groups is 1. The molecule has 18 heavy (non-hydrogen) atoms. The minimum atomic E-state index is 0.383. The van der Waals surface area contributed by atoms with Crippen molar-refractivity contribution < 1.29 is 5.11 Å². The van der Waals surface area contributed by atoms with Gasteiger partial charge in [0.15, 0.2) is 0 Å². The smallest absolute Gasteiger partial charge is 0.0595 e. The van der Waals surface area contributed by atoms with Crippen LogP contribution >= 0.6 is 23.2 Å². The normalized spacial score (nSPS) is 27.3. The third kappa shape index (κ3) is 2.83. The van der Waals surface area contributed by atoms with Gasteiger partial charge in [0.05, 0.1) is 10.0 Å². The Kier molecular flexibility index (Phi) is 5.93. The number of nitrogens with one attached hydrogen (secondary N) is 1. The summed E-state index contributed by atoms with van der Waals surface area (Å²) in [6.45, 7) is 6.25. The quantitative estimate of drug-likeness (QED) is 0.830. The Bertz CT molecular complexity index is 397. The molecule has 2 nitrogen and oxygen atoms in total. The Hall–Kier alpha value is -0.280.